The number of pyridine rings is 2. The van der Waals surface area contributed by atoms with Crippen LogP contribution in [0.2, 0.25) is 0 Å². The van der Waals surface area contributed by atoms with Crippen LogP contribution in [0.4, 0.5) is 5.69 Å². The van der Waals surface area contributed by atoms with Crippen LogP contribution < -0.4 is 5.32 Å². The molecule has 0 aliphatic carbocycles. The molecule has 0 radical (unpaired) electrons. The highest BCUT2D eigenvalue weighted by atomic mass is 79.9. The van der Waals surface area contributed by atoms with E-state index in [9.17, 15) is 0 Å². The van der Waals surface area contributed by atoms with Crippen molar-refractivity contribution in [1.29, 1.82) is 0 Å². The third kappa shape index (κ3) is 3.33. The summed E-state index contributed by atoms with van der Waals surface area (Å²) < 4.78 is 0.932. The number of anilines is 1. The summed E-state index contributed by atoms with van der Waals surface area (Å²) in [4.78, 5) is 8.72. The zero-order chi connectivity index (χ0) is 13.1. The molecule has 0 fully saturated rings. The van der Waals surface area contributed by atoms with E-state index in [4.69, 9.17) is 11.6 Å². The molecule has 2 aromatic rings. The van der Waals surface area contributed by atoms with E-state index in [-0.39, 0.29) is 5.38 Å². The van der Waals surface area contributed by atoms with Crippen LogP contribution in [0.5, 0.6) is 0 Å². The van der Waals surface area contributed by atoms with Crippen LogP contribution in [-0.4, -0.2) is 21.4 Å². The highest BCUT2D eigenvalue weighted by molar-refractivity contribution is 9.10. The standard InChI is InChI=1S/C13H15BrClN3/c1-8(15)5-9(2)18-11-3-4-16-12-6-10(14)7-17-13(11)12/h3-4,6-9H,5H2,1-2H3,(H,16,18). The van der Waals surface area contributed by atoms with Crippen LogP contribution in [0.25, 0.3) is 11.0 Å². The number of rotatable bonds is 4. The minimum Gasteiger partial charge on any atom is -0.381 e. The fourth-order valence-electron chi connectivity index (χ4n) is 1.93. The van der Waals surface area contributed by atoms with Gasteiger partial charge in [0, 0.05) is 28.3 Å². The second kappa shape index (κ2) is 5.85. The number of halogens is 2. The fourth-order valence-corrected chi connectivity index (χ4v) is 2.52. The molecule has 18 heavy (non-hydrogen) atoms. The van der Waals surface area contributed by atoms with Gasteiger partial charge in [-0.2, -0.15) is 0 Å². The molecule has 96 valence electrons. The molecule has 0 aromatic carbocycles. The maximum Gasteiger partial charge on any atom is 0.112 e. The van der Waals surface area contributed by atoms with E-state index in [1.165, 1.54) is 0 Å². The average molecular weight is 329 g/mol. The van der Waals surface area contributed by atoms with Gasteiger partial charge in [-0.1, -0.05) is 0 Å². The van der Waals surface area contributed by atoms with Gasteiger partial charge in [-0.3, -0.25) is 9.97 Å². The van der Waals surface area contributed by atoms with Crippen molar-refractivity contribution in [2.24, 2.45) is 0 Å². The number of aromatic nitrogens is 2. The monoisotopic (exact) mass is 327 g/mol. The van der Waals surface area contributed by atoms with Gasteiger partial charge in [-0.25, -0.2) is 0 Å². The maximum absolute atomic E-state index is 6.00. The lowest BCUT2D eigenvalue weighted by atomic mass is 10.2. The van der Waals surface area contributed by atoms with Gasteiger partial charge in [-0.05, 0) is 48.3 Å². The zero-order valence-electron chi connectivity index (χ0n) is 10.3. The van der Waals surface area contributed by atoms with Crippen LogP contribution >= 0.6 is 27.5 Å². The number of alkyl halides is 1. The smallest absolute Gasteiger partial charge is 0.112 e. The van der Waals surface area contributed by atoms with E-state index in [2.05, 4.69) is 38.1 Å². The summed E-state index contributed by atoms with van der Waals surface area (Å²) in [6.45, 7) is 4.11. The molecule has 1 N–H and O–H groups in total. The molecule has 0 saturated carbocycles. The molecular formula is C13H15BrClN3. The van der Waals surface area contributed by atoms with E-state index in [0.29, 0.717) is 6.04 Å². The molecule has 2 aromatic heterocycles. The Bertz CT molecular complexity index is 545. The number of nitrogens with zero attached hydrogens (tertiary/aromatic N) is 2. The number of fused-ring (bicyclic) bond motifs is 1. The van der Waals surface area contributed by atoms with Gasteiger partial charge in [0.2, 0.25) is 0 Å². The summed E-state index contributed by atoms with van der Waals surface area (Å²) >= 11 is 9.40. The lowest BCUT2D eigenvalue weighted by Gasteiger charge is -2.17. The van der Waals surface area contributed by atoms with Crippen molar-refractivity contribution in [3.05, 3.63) is 29.0 Å². The largest absolute Gasteiger partial charge is 0.381 e. The second-order valence-electron chi connectivity index (χ2n) is 4.44. The van der Waals surface area contributed by atoms with E-state index < -0.39 is 0 Å². The topological polar surface area (TPSA) is 37.8 Å². The molecule has 0 aliphatic rings. The highest BCUT2D eigenvalue weighted by Gasteiger charge is 2.09. The first-order valence-electron chi connectivity index (χ1n) is 5.87. The quantitative estimate of drug-likeness (QED) is 0.854. The first-order valence-corrected chi connectivity index (χ1v) is 7.10. The summed E-state index contributed by atoms with van der Waals surface area (Å²) in [5.41, 5.74) is 2.76. The van der Waals surface area contributed by atoms with Crippen LogP contribution in [0.15, 0.2) is 29.0 Å². The van der Waals surface area contributed by atoms with E-state index in [0.717, 1.165) is 27.6 Å². The van der Waals surface area contributed by atoms with Crippen molar-refractivity contribution in [2.75, 3.05) is 5.32 Å². The average Bonchev–Trinajstić information content (AvgIpc) is 2.27. The molecule has 2 heterocycles. The molecule has 0 amide bonds. The van der Waals surface area contributed by atoms with Crippen molar-refractivity contribution in [2.45, 2.75) is 31.7 Å². The lowest BCUT2D eigenvalue weighted by Crippen LogP contribution is -2.18. The molecule has 5 heteroatoms. The van der Waals surface area contributed by atoms with Gasteiger partial charge < -0.3 is 5.32 Å². The lowest BCUT2D eigenvalue weighted by molar-refractivity contribution is 0.697. The third-order valence-corrected chi connectivity index (χ3v) is 3.24. The summed E-state index contributed by atoms with van der Waals surface area (Å²) in [5.74, 6) is 0. The SMILES string of the molecule is CC(Cl)CC(C)Nc1ccnc2cc(Br)cnc12. The second-order valence-corrected chi connectivity index (χ2v) is 6.10. The van der Waals surface area contributed by atoms with E-state index in [1.807, 2.05) is 19.1 Å². The van der Waals surface area contributed by atoms with Crippen LogP contribution in [0.3, 0.4) is 0 Å². The molecule has 2 rings (SSSR count). The summed E-state index contributed by atoms with van der Waals surface area (Å²) in [5, 5.41) is 3.59. The van der Waals surface area contributed by atoms with Gasteiger partial charge in [0.15, 0.2) is 0 Å². The maximum atomic E-state index is 6.00. The van der Waals surface area contributed by atoms with Crippen molar-refractivity contribution < 1.29 is 0 Å². The summed E-state index contributed by atoms with van der Waals surface area (Å²) in [6, 6.07) is 4.20. The Morgan fingerprint density at radius 2 is 2.17 bits per heavy atom. The first-order chi connectivity index (χ1) is 8.56. The number of nitrogens with one attached hydrogen (secondary N) is 1. The van der Waals surface area contributed by atoms with Gasteiger partial charge >= 0.3 is 0 Å². The number of hydrogen-bond donors (Lipinski definition) is 1. The Kier molecular flexibility index (Phi) is 4.40. The zero-order valence-corrected chi connectivity index (χ0v) is 12.7. The Labute approximate surface area is 120 Å². The minimum atomic E-state index is 0.155. The van der Waals surface area contributed by atoms with Gasteiger partial charge in [0.25, 0.3) is 0 Å². The molecule has 0 bridgehead atoms. The molecule has 2 unspecified atom stereocenters. The number of hydrogen-bond acceptors (Lipinski definition) is 3. The van der Waals surface area contributed by atoms with Crippen LogP contribution in [0.1, 0.15) is 20.3 Å². The highest BCUT2D eigenvalue weighted by Crippen LogP contribution is 2.23. The summed E-state index contributed by atoms with van der Waals surface area (Å²) in [7, 11) is 0. The molecule has 0 spiro atoms. The molecule has 0 saturated heterocycles. The van der Waals surface area contributed by atoms with Crippen LogP contribution in [-0.2, 0) is 0 Å². The molecular weight excluding hydrogens is 314 g/mol. The normalized spacial score (nSPS) is 14.4. The van der Waals surface area contributed by atoms with Crippen molar-refractivity contribution in [3.8, 4) is 0 Å². The first kappa shape index (κ1) is 13.6. The third-order valence-electron chi connectivity index (χ3n) is 2.62. The summed E-state index contributed by atoms with van der Waals surface area (Å²) in [6.07, 6.45) is 4.47. The predicted octanol–water partition coefficient (Wildman–Crippen LogP) is 4.21. The van der Waals surface area contributed by atoms with Crippen LogP contribution in [0, 0.1) is 0 Å². The Hall–Kier alpha value is -0.870. The molecule has 0 aliphatic heterocycles. The van der Waals surface area contributed by atoms with Gasteiger partial charge in [-0.15, -0.1) is 11.6 Å². The van der Waals surface area contributed by atoms with E-state index in [1.54, 1.807) is 12.4 Å². The van der Waals surface area contributed by atoms with Crippen molar-refractivity contribution >= 4 is 44.3 Å². The molecule has 2 atom stereocenters. The van der Waals surface area contributed by atoms with E-state index >= 15 is 0 Å². The molecule has 3 nitrogen and oxygen atoms in total. The Balaban J connectivity index is 2.28. The van der Waals surface area contributed by atoms with Crippen molar-refractivity contribution in [1.82, 2.24) is 9.97 Å². The fraction of sp³-hybridized carbons (Fsp3) is 0.385. The Morgan fingerprint density at radius 1 is 1.39 bits per heavy atom. The van der Waals surface area contributed by atoms with Gasteiger partial charge in [0.1, 0.15) is 5.52 Å². The predicted molar refractivity (Wildman–Crippen MR) is 80.3 cm³/mol. The Morgan fingerprint density at radius 3 is 2.89 bits per heavy atom. The van der Waals surface area contributed by atoms with Gasteiger partial charge in [0.05, 0.1) is 11.2 Å². The minimum absolute atomic E-state index is 0.155. The van der Waals surface area contributed by atoms with Crippen molar-refractivity contribution in [3.63, 3.8) is 0 Å².